The Balaban J connectivity index is 4.27. The van der Waals surface area contributed by atoms with Gasteiger partial charge in [-0.05, 0) is 19.3 Å². The Kier molecular flexibility index (Phi) is 6.81. The standard InChI is InChI=1S/C12H24O2/c1-6-8-10(5)11(13)12(9(3)4)14-7-2/h9-10,12H,6-8H2,1-5H3. The number of carbonyl (C=O) groups excluding carboxylic acids is 1. The first-order valence-electron chi connectivity index (χ1n) is 5.69. The van der Waals surface area contributed by atoms with Gasteiger partial charge in [0.2, 0.25) is 0 Å². The molecule has 84 valence electrons. The average molecular weight is 200 g/mol. The van der Waals surface area contributed by atoms with Gasteiger partial charge in [-0.2, -0.15) is 0 Å². The molecule has 0 aromatic rings. The minimum atomic E-state index is -0.207. The van der Waals surface area contributed by atoms with E-state index in [0.29, 0.717) is 6.61 Å². The largest absolute Gasteiger partial charge is 0.370 e. The second kappa shape index (κ2) is 6.99. The Morgan fingerprint density at radius 2 is 1.79 bits per heavy atom. The molecular formula is C12H24O2. The van der Waals surface area contributed by atoms with E-state index in [-0.39, 0.29) is 23.7 Å². The van der Waals surface area contributed by atoms with Crippen molar-refractivity contribution in [2.45, 2.75) is 53.6 Å². The quantitative estimate of drug-likeness (QED) is 0.631. The monoisotopic (exact) mass is 200 g/mol. The normalized spacial score (nSPS) is 15.6. The fourth-order valence-electron chi connectivity index (χ4n) is 1.64. The second-order valence-corrected chi connectivity index (χ2v) is 4.21. The highest BCUT2D eigenvalue weighted by atomic mass is 16.5. The molecule has 0 aliphatic carbocycles. The van der Waals surface area contributed by atoms with Gasteiger partial charge < -0.3 is 4.74 Å². The highest BCUT2D eigenvalue weighted by Gasteiger charge is 2.26. The number of ether oxygens (including phenoxy) is 1. The van der Waals surface area contributed by atoms with Crippen molar-refractivity contribution in [3.63, 3.8) is 0 Å². The molecule has 2 heteroatoms. The van der Waals surface area contributed by atoms with E-state index in [2.05, 4.69) is 6.92 Å². The van der Waals surface area contributed by atoms with Crippen LogP contribution in [0.3, 0.4) is 0 Å². The predicted octanol–water partition coefficient (Wildman–Crippen LogP) is 3.05. The fourth-order valence-corrected chi connectivity index (χ4v) is 1.64. The number of ketones is 1. The van der Waals surface area contributed by atoms with Gasteiger partial charge in [-0.1, -0.05) is 34.1 Å². The molecule has 0 aromatic heterocycles. The molecule has 2 atom stereocenters. The van der Waals surface area contributed by atoms with Gasteiger partial charge in [-0.25, -0.2) is 0 Å². The van der Waals surface area contributed by atoms with Crippen molar-refractivity contribution >= 4 is 5.78 Å². The molecule has 0 bridgehead atoms. The lowest BCUT2D eigenvalue weighted by Gasteiger charge is -2.22. The van der Waals surface area contributed by atoms with Crippen LogP contribution in [0.25, 0.3) is 0 Å². The predicted molar refractivity (Wildman–Crippen MR) is 59.3 cm³/mol. The lowest BCUT2D eigenvalue weighted by atomic mass is 9.91. The summed E-state index contributed by atoms with van der Waals surface area (Å²) < 4.78 is 5.48. The second-order valence-electron chi connectivity index (χ2n) is 4.21. The molecule has 0 rings (SSSR count). The van der Waals surface area contributed by atoms with Gasteiger partial charge in [-0.3, -0.25) is 4.79 Å². The molecule has 14 heavy (non-hydrogen) atoms. The van der Waals surface area contributed by atoms with Crippen molar-refractivity contribution in [1.29, 1.82) is 0 Å². The average Bonchev–Trinajstić information content (AvgIpc) is 2.13. The molecule has 0 aromatic carbocycles. The third-order valence-corrected chi connectivity index (χ3v) is 2.44. The summed E-state index contributed by atoms with van der Waals surface area (Å²) >= 11 is 0. The van der Waals surface area contributed by atoms with E-state index in [1.165, 1.54) is 0 Å². The van der Waals surface area contributed by atoms with Gasteiger partial charge in [0.25, 0.3) is 0 Å². The van der Waals surface area contributed by atoms with E-state index in [9.17, 15) is 4.79 Å². The number of carbonyl (C=O) groups is 1. The Morgan fingerprint density at radius 3 is 2.14 bits per heavy atom. The smallest absolute Gasteiger partial charge is 0.164 e. The van der Waals surface area contributed by atoms with Gasteiger partial charge >= 0.3 is 0 Å². The third kappa shape index (κ3) is 4.23. The highest BCUT2D eigenvalue weighted by molar-refractivity contribution is 5.85. The minimum Gasteiger partial charge on any atom is -0.370 e. The van der Waals surface area contributed by atoms with Crippen LogP contribution in [0.4, 0.5) is 0 Å². The van der Waals surface area contributed by atoms with E-state index in [1.54, 1.807) is 0 Å². The molecule has 2 nitrogen and oxygen atoms in total. The van der Waals surface area contributed by atoms with Crippen molar-refractivity contribution in [1.82, 2.24) is 0 Å². The molecule has 0 heterocycles. The van der Waals surface area contributed by atoms with Crippen LogP contribution in [0.15, 0.2) is 0 Å². The van der Waals surface area contributed by atoms with E-state index in [0.717, 1.165) is 12.8 Å². The first-order valence-corrected chi connectivity index (χ1v) is 5.69. The summed E-state index contributed by atoms with van der Waals surface area (Å²) in [5.74, 6) is 0.685. The molecule has 0 N–H and O–H groups in total. The van der Waals surface area contributed by atoms with Crippen LogP contribution in [0, 0.1) is 11.8 Å². The van der Waals surface area contributed by atoms with E-state index in [1.807, 2.05) is 27.7 Å². The van der Waals surface area contributed by atoms with Crippen LogP contribution < -0.4 is 0 Å². The van der Waals surface area contributed by atoms with Crippen LogP contribution in [0.1, 0.15) is 47.5 Å². The molecule has 0 fully saturated rings. The molecule has 0 saturated heterocycles. The molecule has 0 amide bonds. The molecule has 0 saturated carbocycles. The highest BCUT2D eigenvalue weighted by Crippen LogP contribution is 2.16. The first kappa shape index (κ1) is 13.6. The van der Waals surface area contributed by atoms with Crippen molar-refractivity contribution < 1.29 is 9.53 Å². The maximum Gasteiger partial charge on any atom is 0.164 e. The number of hydrogen-bond donors (Lipinski definition) is 0. The van der Waals surface area contributed by atoms with Crippen molar-refractivity contribution in [2.24, 2.45) is 11.8 Å². The molecule has 0 aliphatic heterocycles. The van der Waals surface area contributed by atoms with Crippen LogP contribution in [-0.2, 0) is 9.53 Å². The summed E-state index contributed by atoms with van der Waals surface area (Å²) in [6.45, 7) is 10.7. The lowest BCUT2D eigenvalue weighted by Crippen LogP contribution is -2.33. The Bertz CT molecular complexity index is 164. The summed E-state index contributed by atoms with van der Waals surface area (Å²) in [4.78, 5) is 11.9. The molecule has 0 spiro atoms. The number of Topliss-reactive ketones (excluding diaryl/α,β-unsaturated/α-hetero) is 1. The van der Waals surface area contributed by atoms with Crippen molar-refractivity contribution in [3.05, 3.63) is 0 Å². The summed E-state index contributed by atoms with van der Waals surface area (Å²) in [5, 5.41) is 0. The SMILES string of the molecule is CCCC(C)C(=O)C(OCC)C(C)C. The van der Waals surface area contributed by atoms with Gasteiger partial charge in [0.1, 0.15) is 6.10 Å². The van der Waals surface area contributed by atoms with Crippen molar-refractivity contribution in [3.8, 4) is 0 Å². The number of hydrogen-bond acceptors (Lipinski definition) is 2. The molecule has 0 aliphatic rings. The lowest BCUT2D eigenvalue weighted by molar-refractivity contribution is -0.136. The van der Waals surface area contributed by atoms with E-state index < -0.39 is 0 Å². The maximum atomic E-state index is 11.9. The Labute approximate surface area is 88.0 Å². The minimum absolute atomic E-state index is 0.138. The maximum absolute atomic E-state index is 11.9. The van der Waals surface area contributed by atoms with Gasteiger partial charge in [-0.15, -0.1) is 0 Å². The number of rotatable bonds is 7. The van der Waals surface area contributed by atoms with Gasteiger partial charge in [0, 0.05) is 12.5 Å². The zero-order chi connectivity index (χ0) is 11.1. The van der Waals surface area contributed by atoms with Crippen LogP contribution in [0.5, 0.6) is 0 Å². The van der Waals surface area contributed by atoms with Crippen LogP contribution in [0.2, 0.25) is 0 Å². The summed E-state index contributed by atoms with van der Waals surface area (Å²) in [6, 6.07) is 0. The molecular weight excluding hydrogens is 176 g/mol. The zero-order valence-corrected chi connectivity index (χ0v) is 10.2. The van der Waals surface area contributed by atoms with E-state index >= 15 is 0 Å². The third-order valence-electron chi connectivity index (χ3n) is 2.44. The topological polar surface area (TPSA) is 26.3 Å². The van der Waals surface area contributed by atoms with Gasteiger partial charge in [0.15, 0.2) is 5.78 Å². The Hall–Kier alpha value is -0.370. The summed E-state index contributed by atoms with van der Waals surface area (Å²) in [7, 11) is 0. The Morgan fingerprint density at radius 1 is 1.21 bits per heavy atom. The molecule has 0 radical (unpaired) electrons. The zero-order valence-electron chi connectivity index (χ0n) is 10.2. The fraction of sp³-hybridized carbons (Fsp3) is 0.917. The van der Waals surface area contributed by atoms with Crippen molar-refractivity contribution in [2.75, 3.05) is 6.61 Å². The molecule has 2 unspecified atom stereocenters. The first-order chi connectivity index (χ1) is 6.54. The van der Waals surface area contributed by atoms with Gasteiger partial charge in [0.05, 0.1) is 0 Å². The van der Waals surface area contributed by atoms with Crippen LogP contribution in [-0.4, -0.2) is 18.5 Å². The van der Waals surface area contributed by atoms with Crippen LogP contribution >= 0.6 is 0 Å². The summed E-state index contributed by atoms with van der Waals surface area (Å²) in [5.41, 5.74) is 0. The van der Waals surface area contributed by atoms with E-state index in [4.69, 9.17) is 4.74 Å². The summed E-state index contributed by atoms with van der Waals surface area (Å²) in [6.07, 6.45) is 1.82.